The van der Waals surface area contributed by atoms with Gasteiger partial charge in [-0.25, -0.2) is 0 Å². The Morgan fingerprint density at radius 1 is 0.968 bits per heavy atom. The molecule has 5 heteroatoms. The average Bonchev–Trinajstić information content (AvgIpc) is 2.89. The maximum absolute atomic E-state index is 13.6. The molecule has 3 aromatic carbocycles. The van der Waals surface area contributed by atoms with Crippen molar-refractivity contribution in [3.8, 4) is 0 Å². The van der Waals surface area contributed by atoms with Gasteiger partial charge in [-0.3, -0.25) is 14.5 Å². The smallest absolute Gasteiger partial charge is 0.241 e. The third-order valence-electron chi connectivity index (χ3n) is 5.68. The molecule has 31 heavy (non-hydrogen) atoms. The molecule has 2 amide bonds. The lowest BCUT2D eigenvalue weighted by Crippen LogP contribution is -2.45. The molecular formula is C26H27N3O2. The summed E-state index contributed by atoms with van der Waals surface area (Å²) in [5.74, 6) is -0.106. The molecule has 4 rings (SSSR count). The molecule has 158 valence electrons. The first kappa shape index (κ1) is 20.8. The molecule has 1 heterocycles. The van der Waals surface area contributed by atoms with Crippen LogP contribution in [-0.4, -0.2) is 36.3 Å². The van der Waals surface area contributed by atoms with Gasteiger partial charge in [0.15, 0.2) is 0 Å². The Morgan fingerprint density at radius 3 is 2.13 bits per heavy atom. The first-order valence-corrected chi connectivity index (χ1v) is 10.6. The molecule has 0 aliphatic carbocycles. The van der Waals surface area contributed by atoms with Crippen molar-refractivity contribution in [1.29, 1.82) is 0 Å². The summed E-state index contributed by atoms with van der Waals surface area (Å²) in [4.78, 5) is 29.7. The molecule has 0 bridgehead atoms. The number of nitrogens with one attached hydrogen (secondary N) is 1. The van der Waals surface area contributed by atoms with Crippen LogP contribution in [-0.2, 0) is 9.59 Å². The van der Waals surface area contributed by atoms with E-state index in [1.165, 1.54) is 0 Å². The van der Waals surface area contributed by atoms with Crippen LogP contribution in [0, 0.1) is 0 Å². The molecule has 1 aliphatic heterocycles. The van der Waals surface area contributed by atoms with Crippen molar-refractivity contribution in [3.05, 3.63) is 96.1 Å². The van der Waals surface area contributed by atoms with E-state index >= 15 is 0 Å². The SMILES string of the molecule is CC1CC(=O)Nc2ccccc2N1C(=O)CN(C)C(c1ccccc1)c1ccccc1. The number of para-hydroxylation sites is 2. The summed E-state index contributed by atoms with van der Waals surface area (Å²) in [6.45, 7) is 2.15. The van der Waals surface area contributed by atoms with Gasteiger partial charge in [-0.1, -0.05) is 72.8 Å². The molecule has 1 atom stereocenters. The van der Waals surface area contributed by atoms with Crippen LogP contribution in [0.15, 0.2) is 84.9 Å². The number of carbonyl (C=O) groups excluding carboxylic acids is 2. The third kappa shape index (κ3) is 4.52. The maximum atomic E-state index is 13.6. The Morgan fingerprint density at radius 2 is 1.52 bits per heavy atom. The quantitative estimate of drug-likeness (QED) is 0.671. The molecule has 0 radical (unpaired) electrons. The summed E-state index contributed by atoms with van der Waals surface area (Å²) >= 11 is 0. The summed E-state index contributed by atoms with van der Waals surface area (Å²) in [7, 11) is 1.97. The van der Waals surface area contributed by atoms with Gasteiger partial charge in [-0.05, 0) is 37.2 Å². The van der Waals surface area contributed by atoms with Gasteiger partial charge in [0.05, 0.1) is 24.0 Å². The summed E-state index contributed by atoms with van der Waals surface area (Å²) in [6, 6.07) is 27.6. The van der Waals surface area contributed by atoms with Gasteiger partial charge in [-0.15, -0.1) is 0 Å². The Balaban J connectivity index is 1.64. The minimum absolute atomic E-state index is 0.0317. The van der Waals surface area contributed by atoms with Crippen molar-refractivity contribution in [1.82, 2.24) is 4.90 Å². The summed E-state index contributed by atoms with van der Waals surface area (Å²) < 4.78 is 0. The predicted octanol–water partition coefficient (Wildman–Crippen LogP) is 4.47. The molecule has 0 aromatic heterocycles. The summed E-state index contributed by atoms with van der Waals surface area (Å²) in [6.07, 6.45) is 0.269. The van der Waals surface area contributed by atoms with Gasteiger partial charge in [-0.2, -0.15) is 0 Å². The lowest BCUT2D eigenvalue weighted by Gasteiger charge is -2.33. The van der Waals surface area contributed by atoms with Gasteiger partial charge >= 0.3 is 0 Å². The number of carbonyl (C=O) groups is 2. The minimum atomic E-state index is -0.226. The highest BCUT2D eigenvalue weighted by Gasteiger charge is 2.31. The highest BCUT2D eigenvalue weighted by Crippen LogP contribution is 2.32. The zero-order valence-electron chi connectivity index (χ0n) is 17.9. The molecule has 1 unspecified atom stereocenters. The molecule has 1 N–H and O–H groups in total. The van der Waals surface area contributed by atoms with Gasteiger partial charge in [0.1, 0.15) is 0 Å². The van der Waals surface area contributed by atoms with Crippen molar-refractivity contribution < 1.29 is 9.59 Å². The van der Waals surface area contributed by atoms with Crippen LogP contribution in [0.5, 0.6) is 0 Å². The topological polar surface area (TPSA) is 52.7 Å². The first-order valence-electron chi connectivity index (χ1n) is 10.6. The Labute approximate surface area is 183 Å². The van der Waals surface area contributed by atoms with E-state index in [9.17, 15) is 9.59 Å². The van der Waals surface area contributed by atoms with Crippen LogP contribution in [0.3, 0.4) is 0 Å². The molecule has 0 spiro atoms. The summed E-state index contributed by atoms with van der Waals surface area (Å²) in [5.41, 5.74) is 3.68. The number of hydrogen-bond acceptors (Lipinski definition) is 3. The fraction of sp³-hybridized carbons (Fsp3) is 0.231. The number of likely N-dealkylation sites (N-methyl/N-ethyl adjacent to an activating group) is 1. The molecule has 1 aliphatic rings. The molecular weight excluding hydrogens is 386 g/mol. The van der Waals surface area contributed by atoms with Gasteiger partial charge in [0.25, 0.3) is 0 Å². The number of amides is 2. The zero-order valence-corrected chi connectivity index (χ0v) is 17.9. The van der Waals surface area contributed by atoms with E-state index in [4.69, 9.17) is 0 Å². The standard InChI is InChI=1S/C26H27N3O2/c1-19-17-24(30)27-22-15-9-10-16-23(22)29(19)25(31)18-28(2)26(20-11-5-3-6-12-20)21-13-7-4-8-14-21/h3-16,19,26H,17-18H2,1-2H3,(H,27,30). The molecule has 0 fully saturated rings. The minimum Gasteiger partial charge on any atom is -0.324 e. The molecule has 0 saturated heterocycles. The molecule has 0 saturated carbocycles. The Kier molecular flexibility index (Phi) is 6.14. The van der Waals surface area contributed by atoms with E-state index in [-0.39, 0.29) is 36.9 Å². The monoisotopic (exact) mass is 413 g/mol. The maximum Gasteiger partial charge on any atom is 0.241 e. The van der Waals surface area contributed by atoms with Crippen LogP contribution < -0.4 is 10.2 Å². The van der Waals surface area contributed by atoms with Crippen molar-refractivity contribution in [2.75, 3.05) is 23.8 Å². The predicted molar refractivity (Wildman–Crippen MR) is 124 cm³/mol. The van der Waals surface area contributed by atoms with E-state index in [0.29, 0.717) is 5.69 Å². The van der Waals surface area contributed by atoms with E-state index in [0.717, 1.165) is 16.8 Å². The second kappa shape index (κ2) is 9.14. The van der Waals surface area contributed by atoms with Crippen LogP contribution in [0.25, 0.3) is 0 Å². The normalized spacial score (nSPS) is 16.1. The van der Waals surface area contributed by atoms with E-state index in [1.807, 2.05) is 74.6 Å². The van der Waals surface area contributed by atoms with Crippen LogP contribution in [0.2, 0.25) is 0 Å². The molecule has 3 aromatic rings. The van der Waals surface area contributed by atoms with Crippen LogP contribution >= 0.6 is 0 Å². The Bertz CT molecular complexity index is 1010. The second-order valence-electron chi connectivity index (χ2n) is 8.02. The first-order chi connectivity index (χ1) is 15.0. The Hall–Kier alpha value is -3.44. The van der Waals surface area contributed by atoms with Crippen molar-refractivity contribution in [2.24, 2.45) is 0 Å². The number of nitrogens with zero attached hydrogens (tertiary/aromatic N) is 2. The highest BCUT2D eigenvalue weighted by atomic mass is 16.2. The second-order valence-corrected chi connectivity index (χ2v) is 8.02. The number of anilines is 2. The van der Waals surface area contributed by atoms with Crippen LogP contribution in [0.4, 0.5) is 11.4 Å². The molecule has 5 nitrogen and oxygen atoms in total. The van der Waals surface area contributed by atoms with E-state index in [1.54, 1.807) is 4.90 Å². The largest absolute Gasteiger partial charge is 0.324 e. The lowest BCUT2D eigenvalue weighted by molar-refractivity contribution is -0.120. The highest BCUT2D eigenvalue weighted by molar-refractivity contribution is 6.04. The average molecular weight is 414 g/mol. The van der Waals surface area contributed by atoms with Gasteiger partial charge < -0.3 is 10.2 Å². The number of hydrogen-bond donors (Lipinski definition) is 1. The van der Waals surface area contributed by atoms with Crippen LogP contribution in [0.1, 0.15) is 30.5 Å². The fourth-order valence-electron chi connectivity index (χ4n) is 4.32. The van der Waals surface area contributed by atoms with E-state index < -0.39 is 0 Å². The third-order valence-corrected chi connectivity index (χ3v) is 5.68. The zero-order chi connectivity index (χ0) is 21.8. The van der Waals surface area contributed by atoms with Crippen molar-refractivity contribution in [2.45, 2.75) is 25.4 Å². The van der Waals surface area contributed by atoms with Crippen molar-refractivity contribution in [3.63, 3.8) is 0 Å². The number of benzene rings is 3. The number of rotatable bonds is 5. The van der Waals surface area contributed by atoms with E-state index in [2.05, 4.69) is 34.5 Å². The van der Waals surface area contributed by atoms with Gasteiger partial charge in [0.2, 0.25) is 11.8 Å². The van der Waals surface area contributed by atoms with Gasteiger partial charge in [0, 0.05) is 12.5 Å². The summed E-state index contributed by atoms with van der Waals surface area (Å²) in [5, 5.41) is 2.92. The fourth-order valence-corrected chi connectivity index (χ4v) is 4.32. The van der Waals surface area contributed by atoms with Crippen molar-refractivity contribution >= 4 is 23.2 Å². The lowest BCUT2D eigenvalue weighted by atomic mass is 9.97. The number of fused-ring (bicyclic) bond motifs is 1.